The van der Waals surface area contributed by atoms with Crippen LogP contribution >= 0.6 is 0 Å². The molecule has 0 bridgehead atoms. The molecule has 5 heteroatoms. The quantitative estimate of drug-likeness (QED) is 0.269. The summed E-state index contributed by atoms with van der Waals surface area (Å²) in [5, 5.41) is 0.505. The molecule has 0 heterocycles. The van der Waals surface area contributed by atoms with Crippen LogP contribution in [0.5, 0.6) is 0 Å². The summed E-state index contributed by atoms with van der Waals surface area (Å²) in [6.07, 6.45) is 0. The fourth-order valence-electron chi connectivity index (χ4n) is 0.375. The molecule has 0 aromatic carbocycles. The van der Waals surface area contributed by atoms with Crippen LogP contribution in [0.2, 0.25) is 0 Å². The minimum atomic E-state index is -0.728. The fourth-order valence-corrected chi connectivity index (χ4v) is 0.375. The summed E-state index contributed by atoms with van der Waals surface area (Å²) in [6, 6.07) is -0.728. The fraction of sp³-hybridized carbons (Fsp3) is 0.600. The van der Waals surface area contributed by atoms with Crippen LogP contribution in [0.3, 0.4) is 0 Å². The summed E-state index contributed by atoms with van der Waals surface area (Å²) in [7, 11) is 0. The first kappa shape index (κ1) is 9.06. The van der Waals surface area contributed by atoms with E-state index in [9.17, 15) is 9.59 Å². The lowest BCUT2D eigenvalue weighted by molar-refractivity contribution is -0.144. The highest BCUT2D eigenvalue weighted by Gasteiger charge is 2.16. The SMILES string of the molecule is CC(=O)N(N)C(=O)C(C)N. The first-order chi connectivity index (χ1) is 4.46. The van der Waals surface area contributed by atoms with Crippen LogP contribution in [0.1, 0.15) is 13.8 Å². The monoisotopic (exact) mass is 145 g/mol. The van der Waals surface area contributed by atoms with Crippen LogP contribution in [0.15, 0.2) is 0 Å². The maximum absolute atomic E-state index is 10.7. The Hall–Kier alpha value is -0.940. The lowest BCUT2D eigenvalue weighted by Crippen LogP contribution is -2.48. The molecule has 0 saturated heterocycles. The number of rotatable bonds is 1. The minimum Gasteiger partial charge on any atom is -0.320 e. The van der Waals surface area contributed by atoms with Crippen molar-refractivity contribution in [3.8, 4) is 0 Å². The highest BCUT2D eigenvalue weighted by Crippen LogP contribution is 1.85. The molecule has 4 N–H and O–H groups in total. The van der Waals surface area contributed by atoms with Crippen LogP contribution in [-0.2, 0) is 9.59 Å². The topological polar surface area (TPSA) is 89.4 Å². The summed E-state index contributed by atoms with van der Waals surface area (Å²) in [6.45, 7) is 2.66. The van der Waals surface area contributed by atoms with Gasteiger partial charge < -0.3 is 5.73 Å². The van der Waals surface area contributed by atoms with Gasteiger partial charge in [-0.3, -0.25) is 9.59 Å². The van der Waals surface area contributed by atoms with Crippen molar-refractivity contribution in [2.75, 3.05) is 0 Å². The number of hydrazine groups is 1. The zero-order chi connectivity index (χ0) is 8.31. The van der Waals surface area contributed by atoms with Gasteiger partial charge in [-0.2, -0.15) is 0 Å². The Bertz CT molecular complexity index is 155. The van der Waals surface area contributed by atoms with Crippen LogP contribution in [0, 0.1) is 0 Å². The molecule has 0 aromatic rings. The average molecular weight is 145 g/mol. The Balaban J connectivity index is 4.08. The highest BCUT2D eigenvalue weighted by atomic mass is 16.2. The van der Waals surface area contributed by atoms with Crippen molar-refractivity contribution in [2.24, 2.45) is 11.6 Å². The van der Waals surface area contributed by atoms with E-state index in [0.717, 1.165) is 0 Å². The number of nitrogens with two attached hydrogens (primary N) is 2. The summed E-state index contributed by atoms with van der Waals surface area (Å²) in [4.78, 5) is 21.2. The Morgan fingerprint density at radius 1 is 1.50 bits per heavy atom. The second-order valence-corrected chi connectivity index (χ2v) is 2.02. The number of amides is 2. The normalized spacial score (nSPS) is 12.4. The second kappa shape index (κ2) is 3.28. The molecular formula is C5H11N3O2. The standard InChI is InChI=1S/C5H11N3O2/c1-3(6)5(10)8(7)4(2)9/h3H,6-7H2,1-2H3. The summed E-state index contributed by atoms with van der Waals surface area (Å²) in [5.41, 5.74) is 5.15. The lowest BCUT2D eigenvalue weighted by atomic mass is 10.3. The maximum atomic E-state index is 10.7. The van der Waals surface area contributed by atoms with Crippen LogP contribution < -0.4 is 11.6 Å². The van der Waals surface area contributed by atoms with Gasteiger partial charge in [0.1, 0.15) is 0 Å². The Labute approximate surface area is 58.9 Å². The molecular weight excluding hydrogens is 134 g/mol. The van der Waals surface area contributed by atoms with Gasteiger partial charge in [0.15, 0.2) is 0 Å². The van der Waals surface area contributed by atoms with Gasteiger partial charge in [-0.15, -0.1) is 0 Å². The molecule has 2 amide bonds. The van der Waals surface area contributed by atoms with Crippen LogP contribution in [0.25, 0.3) is 0 Å². The Morgan fingerprint density at radius 2 is 1.90 bits per heavy atom. The molecule has 10 heavy (non-hydrogen) atoms. The predicted molar refractivity (Wildman–Crippen MR) is 35.4 cm³/mol. The number of nitrogens with zero attached hydrogens (tertiary/aromatic N) is 1. The van der Waals surface area contributed by atoms with Gasteiger partial charge in [-0.1, -0.05) is 0 Å². The zero-order valence-electron chi connectivity index (χ0n) is 6.00. The highest BCUT2D eigenvalue weighted by molar-refractivity contribution is 5.95. The third kappa shape index (κ3) is 2.12. The van der Waals surface area contributed by atoms with Crippen molar-refractivity contribution in [1.82, 2.24) is 5.01 Å². The zero-order valence-corrected chi connectivity index (χ0v) is 6.00. The van der Waals surface area contributed by atoms with Crippen LogP contribution in [-0.4, -0.2) is 22.9 Å². The van der Waals surface area contributed by atoms with Crippen molar-refractivity contribution in [3.05, 3.63) is 0 Å². The molecule has 1 atom stereocenters. The molecule has 0 rings (SSSR count). The Kier molecular flexibility index (Phi) is 2.98. The van der Waals surface area contributed by atoms with E-state index >= 15 is 0 Å². The molecule has 0 radical (unpaired) electrons. The van der Waals surface area contributed by atoms with Gasteiger partial charge in [0.2, 0.25) is 5.91 Å². The first-order valence-electron chi connectivity index (χ1n) is 2.81. The molecule has 1 unspecified atom stereocenters. The first-order valence-corrected chi connectivity index (χ1v) is 2.81. The molecule has 0 fully saturated rings. The van der Waals surface area contributed by atoms with Crippen LogP contribution in [0.4, 0.5) is 0 Å². The minimum absolute atomic E-state index is 0.505. The van der Waals surface area contributed by atoms with E-state index in [1.54, 1.807) is 0 Å². The third-order valence-electron chi connectivity index (χ3n) is 0.966. The van der Waals surface area contributed by atoms with Gasteiger partial charge in [0, 0.05) is 6.92 Å². The number of imide groups is 1. The number of hydrogen-bond donors (Lipinski definition) is 2. The molecule has 0 aliphatic rings. The van der Waals surface area contributed by atoms with Gasteiger partial charge in [0.25, 0.3) is 5.91 Å². The van der Waals surface area contributed by atoms with E-state index in [-0.39, 0.29) is 0 Å². The van der Waals surface area contributed by atoms with Gasteiger partial charge in [0.05, 0.1) is 6.04 Å². The smallest absolute Gasteiger partial charge is 0.260 e. The molecule has 5 nitrogen and oxygen atoms in total. The molecule has 58 valence electrons. The maximum Gasteiger partial charge on any atom is 0.260 e. The van der Waals surface area contributed by atoms with Crippen molar-refractivity contribution in [1.29, 1.82) is 0 Å². The third-order valence-corrected chi connectivity index (χ3v) is 0.966. The number of carbonyl (C=O) groups excluding carboxylic acids is 2. The van der Waals surface area contributed by atoms with E-state index < -0.39 is 17.9 Å². The van der Waals surface area contributed by atoms with Crippen molar-refractivity contribution in [2.45, 2.75) is 19.9 Å². The van der Waals surface area contributed by atoms with E-state index in [4.69, 9.17) is 11.6 Å². The molecule has 0 aromatic heterocycles. The molecule has 0 aliphatic carbocycles. The number of hydrogen-bond acceptors (Lipinski definition) is 4. The van der Waals surface area contributed by atoms with E-state index in [1.165, 1.54) is 13.8 Å². The van der Waals surface area contributed by atoms with E-state index in [0.29, 0.717) is 5.01 Å². The number of carbonyl (C=O) groups is 2. The van der Waals surface area contributed by atoms with Crippen molar-refractivity contribution in [3.63, 3.8) is 0 Å². The molecule has 0 saturated carbocycles. The second-order valence-electron chi connectivity index (χ2n) is 2.02. The summed E-state index contributed by atoms with van der Waals surface area (Å²) >= 11 is 0. The molecule has 0 spiro atoms. The van der Waals surface area contributed by atoms with Gasteiger partial charge in [-0.25, -0.2) is 10.9 Å². The lowest BCUT2D eigenvalue weighted by Gasteiger charge is -2.13. The summed E-state index contributed by atoms with van der Waals surface area (Å²) < 4.78 is 0. The van der Waals surface area contributed by atoms with Gasteiger partial charge in [-0.05, 0) is 6.92 Å². The van der Waals surface area contributed by atoms with Gasteiger partial charge >= 0.3 is 0 Å². The Morgan fingerprint density at radius 3 is 2.00 bits per heavy atom. The largest absolute Gasteiger partial charge is 0.320 e. The van der Waals surface area contributed by atoms with E-state index in [2.05, 4.69) is 0 Å². The summed E-state index contributed by atoms with van der Waals surface area (Å²) in [5.74, 6) is 3.93. The van der Waals surface area contributed by atoms with E-state index in [1.807, 2.05) is 0 Å². The van der Waals surface area contributed by atoms with Crippen molar-refractivity contribution < 1.29 is 9.59 Å². The van der Waals surface area contributed by atoms with Crippen molar-refractivity contribution >= 4 is 11.8 Å². The molecule has 0 aliphatic heterocycles. The predicted octanol–water partition coefficient (Wildman–Crippen LogP) is -1.42. The average Bonchev–Trinajstić information content (AvgIpc) is 1.84.